The largest absolute Gasteiger partial charge is 0.493 e. The highest BCUT2D eigenvalue weighted by Gasteiger charge is 2.34. The quantitative estimate of drug-likeness (QED) is 0.598. The van der Waals surface area contributed by atoms with Crippen molar-refractivity contribution in [2.45, 2.75) is 12.7 Å². The maximum absolute atomic E-state index is 13.6. The molecule has 2 heterocycles. The van der Waals surface area contributed by atoms with Crippen molar-refractivity contribution in [3.8, 4) is 5.75 Å². The Balaban J connectivity index is 1.21. The summed E-state index contributed by atoms with van der Waals surface area (Å²) >= 11 is 0. The lowest BCUT2D eigenvalue weighted by Crippen LogP contribution is -2.55. The summed E-state index contributed by atoms with van der Waals surface area (Å²) in [6, 6.07) is 10.3. The van der Waals surface area contributed by atoms with E-state index in [9.17, 15) is 22.4 Å². The molecule has 0 unspecified atom stereocenters. The summed E-state index contributed by atoms with van der Waals surface area (Å²) < 4.78 is 58.8. The number of hydrogen-bond acceptors (Lipinski definition) is 2. The highest BCUT2D eigenvalue weighted by atomic mass is 19.4. The molecule has 0 spiro atoms. The van der Waals surface area contributed by atoms with E-state index in [1.807, 2.05) is 42.1 Å². The van der Waals surface area contributed by atoms with Crippen molar-refractivity contribution in [2.75, 3.05) is 19.7 Å². The van der Waals surface area contributed by atoms with Crippen molar-refractivity contribution < 1.29 is 27.1 Å². The first-order valence-electron chi connectivity index (χ1n) is 9.77. The lowest BCUT2D eigenvalue weighted by molar-refractivity contribution is -0.140. The second-order valence-electron chi connectivity index (χ2n) is 7.70. The number of rotatable bonds is 5. The van der Waals surface area contributed by atoms with Crippen LogP contribution in [0.1, 0.15) is 11.1 Å². The topological polar surface area (TPSA) is 46.5 Å². The number of hydrogen-bond donors (Lipinski definition) is 1. The molecule has 1 aliphatic heterocycles. The monoisotopic (exact) mass is 435 g/mol. The van der Waals surface area contributed by atoms with Crippen LogP contribution in [0.15, 0.2) is 48.7 Å². The van der Waals surface area contributed by atoms with E-state index in [1.54, 1.807) is 4.90 Å². The van der Waals surface area contributed by atoms with Gasteiger partial charge in [-0.2, -0.15) is 13.2 Å². The van der Waals surface area contributed by atoms with Crippen molar-refractivity contribution in [3.05, 3.63) is 65.6 Å². The zero-order valence-corrected chi connectivity index (χ0v) is 16.7. The highest BCUT2D eigenvalue weighted by molar-refractivity contribution is 5.81. The summed E-state index contributed by atoms with van der Waals surface area (Å²) in [5, 5.41) is 3.98. The van der Waals surface area contributed by atoms with Crippen LogP contribution in [-0.4, -0.2) is 35.2 Å². The van der Waals surface area contributed by atoms with E-state index in [-0.39, 0.29) is 24.3 Å². The Morgan fingerprint density at radius 1 is 1.16 bits per heavy atom. The molecule has 31 heavy (non-hydrogen) atoms. The first kappa shape index (κ1) is 21.0. The average molecular weight is 435 g/mol. The number of fused-ring (bicyclic) bond motifs is 1. The number of nitrogens with zero attached hydrogens (tertiary/aromatic N) is 2. The number of ether oxygens (including phenoxy) is 1. The van der Waals surface area contributed by atoms with Crippen molar-refractivity contribution in [2.24, 2.45) is 13.0 Å². The van der Waals surface area contributed by atoms with Gasteiger partial charge in [-0.05, 0) is 41.3 Å². The first-order chi connectivity index (χ1) is 14.7. The number of urea groups is 1. The van der Waals surface area contributed by atoms with Crippen LogP contribution in [0.5, 0.6) is 5.75 Å². The van der Waals surface area contributed by atoms with Crippen LogP contribution in [0.4, 0.5) is 22.4 Å². The number of nitrogens with one attached hydrogen (secondary N) is 1. The summed E-state index contributed by atoms with van der Waals surface area (Å²) in [5.74, 6) is -1.30. The van der Waals surface area contributed by atoms with Gasteiger partial charge in [0, 0.05) is 50.4 Å². The van der Waals surface area contributed by atoms with Crippen LogP contribution in [0, 0.1) is 11.7 Å². The van der Waals surface area contributed by atoms with Crippen LogP contribution in [-0.2, 0) is 19.8 Å². The van der Waals surface area contributed by atoms with Gasteiger partial charge < -0.3 is 19.5 Å². The third-order valence-electron chi connectivity index (χ3n) is 5.37. The van der Waals surface area contributed by atoms with Gasteiger partial charge in [-0.3, -0.25) is 0 Å². The Kier molecular flexibility index (Phi) is 5.51. The Bertz CT molecular complexity index is 1100. The molecule has 5 nitrogen and oxygen atoms in total. The minimum Gasteiger partial charge on any atom is -0.493 e. The summed E-state index contributed by atoms with van der Waals surface area (Å²) in [7, 11) is 1.97. The van der Waals surface area contributed by atoms with Gasteiger partial charge in [0.05, 0.1) is 12.2 Å². The van der Waals surface area contributed by atoms with E-state index < -0.39 is 17.6 Å². The van der Waals surface area contributed by atoms with Crippen LogP contribution in [0.2, 0.25) is 0 Å². The third-order valence-corrected chi connectivity index (χ3v) is 5.37. The predicted molar refractivity (Wildman–Crippen MR) is 107 cm³/mol. The van der Waals surface area contributed by atoms with E-state index in [4.69, 9.17) is 4.74 Å². The minimum absolute atomic E-state index is 0.0321. The molecule has 2 aromatic carbocycles. The first-order valence-corrected chi connectivity index (χ1v) is 9.77. The molecule has 0 aliphatic carbocycles. The van der Waals surface area contributed by atoms with Crippen molar-refractivity contribution in [1.82, 2.24) is 14.8 Å². The van der Waals surface area contributed by atoms with Gasteiger partial charge >= 0.3 is 12.2 Å². The molecule has 0 saturated carbocycles. The van der Waals surface area contributed by atoms with Crippen molar-refractivity contribution in [1.29, 1.82) is 0 Å². The van der Waals surface area contributed by atoms with Crippen LogP contribution < -0.4 is 10.1 Å². The summed E-state index contributed by atoms with van der Waals surface area (Å²) in [6.45, 7) is 1.53. The minimum atomic E-state index is -4.74. The van der Waals surface area contributed by atoms with Gasteiger partial charge in [0.15, 0.2) is 0 Å². The van der Waals surface area contributed by atoms with Crippen LogP contribution in [0.25, 0.3) is 10.9 Å². The molecule has 1 aliphatic rings. The number of amides is 2. The third kappa shape index (κ3) is 4.60. The second-order valence-corrected chi connectivity index (χ2v) is 7.70. The van der Waals surface area contributed by atoms with E-state index in [1.165, 1.54) is 0 Å². The smallest absolute Gasteiger partial charge is 0.419 e. The normalized spacial score (nSPS) is 14.5. The van der Waals surface area contributed by atoms with Gasteiger partial charge in [-0.25, -0.2) is 9.18 Å². The van der Waals surface area contributed by atoms with Crippen molar-refractivity contribution >= 4 is 16.9 Å². The van der Waals surface area contributed by atoms with Crippen LogP contribution >= 0.6 is 0 Å². The molecule has 1 N–H and O–H groups in total. The number of carbonyl (C=O) groups excluding carboxylic acids is 1. The fourth-order valence-corrected chi connectivity index (χ4v) is 3.60. The molecule has 1 saturated heterocycles. The Hall–Kier alpha value is -3.23. The molecule has 1 fully saturated rings. The van der Waals surface area contributed by atoms with Crippen LogP contribution in [0.3, 0.4) is 0 Å². The fraction of sp³-hybridized carbons (Fsp3) is 0.318. The van der Waals surface area contributed by atoms with Gasteiger partial charge in [-0.1, -0.05) is 6.07 Å². The number of aromatic nitrogens is 1. The zero-order valence-electron chi connectivity index (χ0n) is 16.7. The van der Waals surface area contributed by atoms with Gasteiger partial charge in [0.25, 0.3) is 0 Å². The number of likely N-dealkylation sites (tertiary alicyclic amines) is 1. The van der Waals surface area contributed by atoms with Gasteiger partial charge in [0.1, 0.15) is 11.6 Å². The molecule has 0 atom stereocenters. The summed E-state index contributed by atoms with van der Waals surface area (Å²) in [6.07, 6.45) is -2.76. The molecular formula is C22H21F4N3O2. The molecule has 2 amide bonds. The maximum Gasteiger partial charge on any atom is 0.419 e. The fourth-order valence-electron chi connectivity index (χ4n) is 3.60. The van der Waals surface area contributed by atoms with Gasteiger partial charge in [0.2, 0.25) is 0 Å². The SMILES string of the molecule is Cn1ccc2cc(CNC(=O)N3CC(COc4ccc(C(F)(F)F)c(F)c4)C3)ccc21. The van der Waals surface area contributed by atoms with Gasteiger partial charge in [-0.15, -0.1) is 0 Å². The molecule has 164 valence electrons. The highest BCUT2D eigenvalue weighted by Crippen LogP contribution is 2.33. The number of aryl methyl sites for hydroxylation is 1. The lowest BCUT2D eigenvalue weighted by Gasteiger charge is -2.38. The summed E-state index contributed by atoms with van der Waals surface area (Å²) in [4.78, 5) is 13.9. The second kappa shape index (κ2) is 8.13. The number of carbonyl (C=O) groups is 1. The molecule has 0 bridgehead atoms. The van der Waals surface area contributed by atoms with E-state index in [0.29, 0.717) is 25.7 Å². The molecular weight excluding hydrogens is 414 g/mol. The number of halogens is 4. The standard InChI is InChI=1S/C22H21F4N3O2/c1-28-7-6-16-8-14(2-5-20(16)28)10-27-21(30)29-11-15(12-29)13-31-17-3-4-18(19(23)9-17)22(24,25)26/h2-9,15H,10-13H2,1H3,(H,27,30). The average Bonchev–Trinajstić information content (AvgIpc) is 3.04. The molecule has 3 aromatic rings. The van der Waals surface area contributed by atoms with E-state index in [2.05, 4.69) is 5.32 Å². The molecule has 0 radical (unpaired) electrons. The molecule has 4 rings (SSSR count). The lowest BCUT2D eigenvalue weighted by atomic mass is 10.0. The van der Waals surface area contributed by atoms with Crippen molar-refractivity contribution in [3.63, 3.8) is 0 Å². The van der Waals surface area contributed by atoms with E-state index >= 15 is 0 Å². The Morgan fingerprint density at radius 3 is 2.65 bits per heavy atom. The summed E-state index contributed by atoms with van der Waals surface area (Å²) in [5.41, 5.74) is 0.795. The predicted octanol–water partition coefficient (Wildman–Crippen LogP) is 4.56. The maximum atomic E-state index is 13.6. The Morgan fingerprint density at radius 2 is 1.94 bits per heavy atom. The Labute approximate surface area is 176 Å². The van der Waals surface area contributed by atoms with E-state index in [0.717, 1.165) is 28.6 Å². The molecule has 1 aromatic heterocycles. The molecule has 9 heteroatoms. The zero-order chi connectivity index (χ0) is 22.2. The number of benzene rings is 2. The number of alkyl halides is 3.